The van der Waals surface area contributed by atoms with Gasteiger partial charge in [0.25, 0.3) is 5.91 Å². The summed E-state index contributed by atoms with van der Waals surface area (Å²) in [4.78, 5) is 14.9. The van der Waals surface area contributed by atoms with E-state index in [0.29, 0.717) is 17.9 Å². The van der Waals surface area contributed by atoms with Gasteiger partial charge in [-0.25, -0.2) is 0 Å². The predicted molar refractivity (Wildman–Crippen MR) is 122 cm³/mol. The highest BCUT2D eigenvalue weighted by molar-refractivity contribution is 5.95. The Balaban J connectivity index is 1.31. The predicted octanol–water partition coefficient (Wildman–Crippen LogP) is 3.00. The first-order chi connectivity index (χ1) is 15.5. The van der Waals surface area contributed by atoms with Crippen molar-refractivity contribution in [3.8, 4) is 5.75 Å². The zero-order chi connectivity index (χ0) is 22.5. The number of rotatable bonds is 7. The molecular formula is C24H29N5O3. The summed E-state index contributed by atoms with van der Waals surface area (Å²) in [7, 11) is 1.67. The lowest BCUT2D eigenvalue weighted by atomic mass is 10.2. The quantitative estimate of drug-likeness (QED) is 0.614. The molecule has 0 spiro atoms. The number of furan rings is 1. The van der Waals surface area contributed by atoms with Crippen LogP contribution in [0.5, 0.6) is 5.75 Å². The smallest absolute Gasteiger partial charge is 0.255 e. The Labute approximate surface area is 187 Å². The number of hydrogen-bond donors (Lipinski definition) is 1. The van der Waals surface area contributed by atoms with Gasteiger partial charge in [0, 0.05) is 32.6 Å². The second kappa shape index (κ2) is 9.82. The van der Waals surface area contributed by atoms with Crippen molar-refractivity contribution in [3.63, 3.8) is 0 Å². The van der Waals surface area contributed by atoms with Crippen LogP contribution < -0.4 is 10.1 Å². The Hall–Kier alpha value is -3.39. The number of nitrogens with one attached hydrogen (secondary N) is 1. The normalized spacial score (nSPS) is 14.3. The van der Waals surface area contributed by atoms with Crippen molar-refractivity contribution in [2.24, 2.45) is 0 Å². The first kappa shape index (κ1) is 21.8. The van der Waals surface area contributed by atoms with Crippen LogP contribution in [0.1, 0.15) is 39.1 Å². The molecule has 0 saturated heterocycles. The van der Waals surface area contributed by atoms with E-state index in [9.17, 15) is 4.79 Å². The van der Waals surface area contributed by atoms with Crippen LogP contribution in [0.4, 0.5) is 0 Å². The summed E-state index contributed by atoms with van der Waals surface area (Å²) in [6.45, 7) is 7.46. The molecule has 8 heteroatoms. The van der Waals surface area contributed by atoms with Gasteiger partial charge in [-0.1, -0.05) is 24.3 Å². The zero-order valence-corrected chi connectivity index (χ0v) is 18.8. The van der Waals surface area contributed by atoms with E-state index in [-0.39, 0.29) is 5.91 Å². The summed E-state index contributed by atoms with van der Waals surface area (Å²) < 4.78 is 12.8. The van der Waals surface area contributed by atoms with Gasteiger partial charge in [-0.05, 0) is 37.6 Å². The SMILES string of the molecule is COc1ccc(C=CCN2CCc3nnc(CNC(=O)c4cc(C)oc4C)n3CC2)cc1. The van der Waals surface area contributed by atoms with E-state index in [1.54, 1.807) is 20.1 Å². The zero-order valence-electron chi connectivity index (χ0n) is 18.8. The van der Waals surface area contributed by atoms with Crippen molar-refractivity contribution >= 4 is 12.0 Å². The number of methoxy groups -OCH3 is 1. The fourth-order valence-electron chi connectivity index (χ4n) is 3.90. The van der Waals surface area contributed by atoms with Gasteiger partial charge in [0.2, 0.25) is 0 Å². The summed E-state index contributed by atoms with van der Waals surface area (Å²) in [5, 5.41) is 11.6. The van der Waals surface area contributed by atoms with Crippen molar-refractivity contribution in [1.29, 1.82) is 0 Å². The molecule has 1 aromatic carbocycles. The average Bonchev–Trinajstić information content (AvgIpc) is 3.28. The lowest BCUT2D eigenvalue weighted by molar-refractivity contribution is 0.0948. The Bertz CT molecular complexity index is 1100. The van der Waals surface area contributed by atoms with E-state index < -0.39 is 0 Å². The molecule has 0 saturated carbocycles. The molecule has 1 amide bonds. The monoisotopic (exact) mass is 435 g/mol. The summed E-state index contributed by atoms with van der Waals surface area (Å²) in [5.41, 5.74) is 1.71. The number of carbonyl (C=O) groups is 1. The molecule has 0 unspecified atom stereocenters. The van der Waals surface area contributed by atoms with Crippen LogP contribution in [0.2, 0.25) is 0 Å². The van der Waals surface area contributed by atoms with Gasteiger partial charge < -0.3 is 19.0 Å². The highest BCUT2D eigenvalue weighted by Crippen LogP contribution is 2.15. The van der Waals surface area contributed by atoms with Gasteiger partial charge in [-0.2, -0.15) is 0 Å². The Morgan fingerprint density at radius 3 is 2.72 bits per heavy atom. The summed E-state index contributed by atoms with van der Waals surface area (Å²) in [5.74, 6) is 3.80. The van der Waals surface area contributed by atoms with Crippen LogP contribution in [0.15, 0.2) is 40.8 Å². The fourth-order valence-corrected chi connectivity index (χ4v) is 3.90. The fraction of sp³-hybridized carbons (Fsp3) is 0.375. The molecule has 2 aromatic heterocycles. The lowest BCUT2D eigenvalue weighted by Gasteiger charge is -2.17. The first-order valence-corrected chi connectivity index (χ1v) is 10.8. The van der Waals surface area contributed by atoms with Gasteiger partial charge in [0.05, 0.1) is 19.2 Å². The largest absolute Gasteiger partial charge is 0.497 e. The van der Waals surface area contributed by atoms with Gasteiger partial charge in [0.1, 0.15) is 23.1 Å². The second-order valence-corrected chi connectivity index (χ2v) is 7.92. The van der Waals surface area contributed by atoms with Gasteiger partial charge in [0.15, 0.2) is 5.82 Å². The maximum Gasteiger partial charge on any atom is 0.255 e. The highest BCUT2D eigenvalue weighted by atomic mass is 16.5. The molecule has 168 valence electrons. The van der Waals surface area contributed by atoms with Crippen LogP contribution in [0, 0.1) is 13.8 Å². The van der Waals surface area contributed by atoms with Crippen LogP contribution in [-0.2, 0) is 19.5 Å². The number of fused-ring (bicyclic) bond motifs is 1. The van der Waals surface area contributed by atoms with E-state index in [0.717, 1.165) is 61.3 Å². The van der Waals surface area contributed by atoms with Gasteiger partial charge >= 0.3 is 0 Å². The third-order valence-corrected chi connectivity index (χ3v) is 5.68. The van der Waals surface area contributed by atoms with Crippen molar-refractivity contribution < 1.29 is 13.9 Å². The van der Waals surface area contributed by atoms with E-state index in [2.05, 4.69) is 37.1 Å². The van der Waals surface area contributed by atoms with Crippen molar-refractivity contribution in [1.82, 2.24) is 25.0 Å². The molecule has 8 nitrogen and oxygen atoms in total. The maximum atomic E-state index is 12.5. The van der Waals surface area contributed by atoms with E-state index in [1.165, 1.54) is 0 Å². The van der Waals surface area contributed by atoms with Crippen LogP contribution >= 0.6 is 0 Å². The van der Waals surface area contributed by atoms with E-state index in [4.69, 9.17) is 9.15 Å². The number of carbonyl (C=O) groups excluding carboxylic acids is 1. The minimum Gasteiger partial charge on any atom is -0.497 e. The molecule has 0 atom stereocenters. The second-order valence-electron chi connectivity index (χ2n) is 7.92. The standard InChI is InChI=1S/C24H29N5O3/c1-17-15-21(18(2)32-17)24(30)25-16-23-27-26-22-10-12-28(13-14-29(22)23)11-4-5-19-6-8-20(31-3)9-7-19/h4-9,15H,10-14,16H2,1-3H3,(H,25,30). The molecule has 3 aromatic rings. The Morgan fingerprint density at radius 1 is 1.19 bits per heavy atom. The third-order valence-electron chi connectivity index (χ3n) is 5.68. The summed E-state index contributed by atoms with van der Waals surface area (Å²) in [6.07, 6.45) is 5.15. The highest BCUT2D eigenvalue weighted by Gasteiger charge is 2.19. The maximum absolute atomic E-state index is 12.5. The van der Waals surface area contributed by atoms with Crippen molar-refractivity contribution in [2.45, 2.75) is 33.4 Å². The molecule has 1 aliphatic rings. The number of ether oxygens (including phenoxy) is 1. The Kier molecular flexibility index (Phi) is 6.70. The Morgan fingerprint density at radius 2 is 2.00 bits per heavy atom. The van der Waals surface area contributed by atoms with Crippen LogP contribution in [0.3, 0.4) is 0 Å². The molecule has 0 radical (unpaired) electrons. The average molecular weight is 436 g/mol. The van der Waals surface area contributed by atoms with Gasteiger partial charge in [-0.15, -0.1) is 10.2 Å². The first-order valence-electron chi connectivity index (χ1n) is 10.8. The number of benzene rings is 1. The lowest BCUT2D eigenvalue weighted by Crippen LogP contribution is -2.28. The van der Waals surface area contributed by atoms with Gasteiger partial charge in [-0.3, -0.25) is 9.69 Å². The molecule has 4 rings (SSSR count). The summed E-state index contributed by atoms with van der Waals surface area (Å²) >= 11 is 0. The molecule has 0 fully saturated rings. The molecule has 1 aliphatic heterocycles. The van der Waals surface area contributed by atoms with Crippen LogP contribution in [-0.4, -0.2) is 52.3 Å². The number of nitrogens with zero attached hydrogens (tertiary/aromatic N) is 4. The molecule has 1 N–H and O–H groups in total. The topological polar surface area (TPSA) is 85.4 Å². The third kappa shape index (κ3) is 5.08. The van der Waals surface area contributed by atoms with E-state index >= 15 is 0 Å². The number of amides is 1. The minimum absolute atomic E-state index is 0.157. The van der Waals surface area contributed by atoms with Crippen molar-refractivity contribution in [3.05, 3.63) is 70.7 Å². The molecular weight excluding hydrogens is 406 g/mol. The number of aromatic nitrogens is 3. The summed E-state index contributed by atoms with van der Waals surface area (Å²) in [6, 6.07) is 9.78. The number of aryl methyl sites for hydroxylation is 2. The van der Waals surface area contributed by atoms with Crippen molar-refractivity contribution in [2.75, 3.05) is 26.7 Å². The van der Waals surface area contributed by atoms with E-state index in [1.807, 2.05) is 31.2 Å². The number of hydrogen-bond acceptors (Lipinski definition) is 6. The molecule has 0 bridgehead atoms. The molecule has 3 heterocycles. The van der Waals surface area contributed by atoms with Crippen LogP contribution in [0.25, 0.3) is 6.08 Å². The minimum atomic E-state index is -0.157. The molecule has 32 heavy (non-hydrogen) atoms. The molecule has 0 aliphatic carbocycles.